The molecule has 1 aliphatic rings. The lowest BCUT2D eigenvalue weighted by molar-refractivity contribution is 0.0943. The highest BCUT2D eigenvalue weighted by Crippen LogP contribution is 2.14. The fourth-order valence-corrected chi connectivity index (χ4v) is 2.24. The molecule has 1 saturated heterocycles. The molecule has 0 bridgehead atoms. The van der Waals surface area contributed by atoms with Crippen molar-refractivity contribution in [1.82, 2.24) is 5.32 Å². The predicted octanol–water partition coefficient (Wildman–Crippen LogP) is 3.90. The van der Waals surface area contributed by atoms with Crippen LogP contribution in [0, 0.1) is 0 Å². The Labute approximate surface area is 124 Å². The Bertz CT molecular complexity index is 354. The van der Waals surface area contributed by atoms with Gasteiger partial charge in [0, 0.05) is 12.1 Å². The van der Waals surface area contributed by atoms with Crippen molar-refractivity contribution in [2.45, 2.75) is 64.1 Å². The molecule has 0 amide bonds. The number of allylic oxidation sites excluding steroid dienone is 7. The Morgan fingerprint density at radius 2 is 1.65 bits per heavy atom. The molecule has 0 aliphatic carbocycles. The maximum atomic E-state index is 9.63. The largest absolute Gasteiger partial charge is 0.392 e. The van der Waals surface area contributed by atoms with E-state index >= 15 is 0 Å². The first-order valence-corrected chi connectivity index (χ1v) is 7.83. The molecule has 0 spiro atoms. The summed E-state index contributed by atoms with van der Waals surface area (Å²) in [5, 5.41) is 13.0. The third kappa shape index (κ3) is 7.46. The van der Waals surface area contributed by atoms with Gasteiger partial charge in [0.25, 0.3) is 0 Å². The summed E-state index contributed by atoms with van der Waals surface area (Å²) in [6.45, 7) is 4.18. The molecule has 0 aromatic carbocycles. The van der Waals surface area contributed by atoms with Crippen molar-refractivity contribution < 1.29 is 5.11 Å². The zero-order chi connectivity index (χ0) is 14.6. The van der Waals surface area contributed by atoms with E-state index in [1.807, 2.05) is 6.92 Å². The summed E-state index contributed by atoms with van der Waals surface area (Å²) in [5.74, 6) is 0. The molecule has 3 atom stereocenters. The zero-order valence-corrected chi connectivity index (χ0v) is 12.8. The normalized spacial score (nSPS) is 28.4. The van der Waals surface area contributed by atoms with Crippen LogP contribution in [0.25, 0.3) is 0 Å². The standard InChI is InChI=1S/C18H29NO/c1-3-4-5-6-7-8-9-10-11-12-13-17-14-15-18(20)16(2)19-17/h4-7,10-13,16-20H,3,8-9,14-15H2,1-2H3. The molecule has 112 valence electrons. The Morgan fingerprint density at radius 1 is 1.00 bits per heavy atom. The average molecular weight is 275 g/mol. The zero-order valence-electron chi connectivity index (χ0n) is 12.8. The first kappa shape index (κ1) is 16.9. The van der Waals surface area contributed by atoms with E-state index in [9.17, 15) is 5.11 Å². The van der Waals surface area contributed by atoms with Crippen LogP contribution in [-0.2, 0) is 0 Å². The lowest BCUT2D eigenvalue weighted by atomic mass is 9.96. The SMILES string of the molecule is CCC=CC=CCCC=CC=CC1CCC(O)C(C)N1. The van der Waals surface area contributed by atoms with Gasteiger partial charge < -0.3 is 10.4 Å². The number of rotatable bonds is 7. The molecule has 20 heavy (non-hydrogen) atoms. The van der Waals surface area contributed by atoms with Crippen LogP contribution in [0.3, 0.4) is 0 Å². The molecule has 0 saturated carbocycles. The number of hydrogen-bond donors (Lipinski definition) is 2. The van der Waals surface area contributed by atoms with Gasteiger partial charge in [-0.2, -0.15) is 0 Å². The van der Waals surface area contributed by atoms with Gasteiger partial charge in [0.05, 0.1) is 6.10 Å². The van der Waals surface area contributed by atoms with E-state index in [1.54, 1.807) is 0 Å². The summed E-state index contributed by atoms with van der Waals surface area (Å²) >= 11 is 0. The Kier molecular flexibility index (Phi) is 9.01. The molecule has 2 heteroatoms. The molecule has 1 fully saturated rings. The summed E-state index contributed by atoms with van der Waals surface area (Å²) in [7, 11) is 0. The van der Waals surface area contributed by atoms with Crippen LogP contribution in [0.1, 0.15) is 46.0 Å². The summed E-state index contributed by atoms with van der Waals surface area (Å²) in [6, 6.07) is 0.598. The van der Waals surface area contributed by atoms with Gasteiger partial charge in [0.2, 0.25) is 0 Å². The van der Waals surface area contributed by atoms with Gasteiger partial charge in [-0.15, -0.1) is 0 Å². The van der Waals surface area contributed by atoms with Crippen molar-refractivity contribution in [2.75, 3.05) is 0 Å². The van der Waals surface area contributed by atoms with E-state index in [0.29, 0.717) is 6.04 Å². The number of aliphatic hydroxyl groups is 1. The lowest BCUT2D eigenvalue weighted by Crippen LogP contribution is -2.47. The van der Waals surface area contributed by atoms with Gasteiger partial charge in [0.15, 0.2) is 0 Å². The van der Waals surface area contributed by atoms with E-state index in [0.717, 1.165) is 32.1 Å². The van der Waals surface area contributed by atoms with Gasteiger partial charge in [-0.25, -0.2) is 0 Å². The Hall–Kier alpha value is -1.12. The highest BCUT2D eigenvalue weighted by Gasteiger charge is 2.22. The van der Waals surface area contributed by atoms with Crippen molar-refractivity contribution in [3.63, 3.8) is 0 Å². The smallest absolute Gasteiger partial charge is 0.0691 e. The van der Waals surface area contributed by atoms with Crippen LogP contribution in [0.4, 0.5) is 0 Å². The highest BCUT2D eigenvalue weighted by molar-refractivity contribution is 5.08. The number of aliphatic hydroxyl groups excluding tert-OH is 1. The van der Waals surface area contributed by atoms with E-state index in [4.69, 9.17) is 0 Å². The molecule has 3 unspecified atom stereocenters. The minimum atomic E-state index is -0.191. The van der Waals surface area contributed by atoms with Crippen molar-refractivity contribution in [3.8, 4) is 0 Å². The van der Waals surface area contributed by atoms with Crippen molar-refractivity contribution in [3.05, 3.63) is 48.6 Å². The summed E-state index contributed by atoms with van der Waals surface area (Å²) in [4.78, 5) is 0. The van der Waals surface area contributed by atoms with Crippen LogP contribution in [0.15, 0.2) is 48.6 Å². The number of piperidine rings is 1. The first-order valence-electron chi connectivity index (χ1n) is 7.83. The fraction of sp³-hybridized carbons (Fsp3) is 0.556. The molecule has 0 aromatic heterocycles. The Balaban J connectivity index is 2.13. The second-order valence-corrected chi connectivity index (χ2v) is 5.36. The maximum Gasteiger partial charge on any atom is 0.0691 e. The number of hydrogen-bond acceptors (Lipinski definition) is 2. The van der Waals surface area contributed by atoms with Crippen LogP contribution in [-0.4, -0.2) is 23.3 Å². The number of unbranched alkanes of at least 4 members (excludes halogenated alkanes) is 1. The highest BCUT2D eigenvalue weighted by atomic mass is 16.3. The van der Waals surface area contributed by atoms with Crippen LogP contribution in [0.2, 0.25) is 0 Å². The van der Waals surface area contributed by atoms with Crippen LogP contribution < -0.4 is 5.32 Å². The topological polar surface area (TPSA) is 32.3 Å². The van der Waals surface area contributed by atoms with Gasteiger partial charge >= 0.3 is 0 Å². The molecule has 1 rings (SSSR count). The second kappa shape index (κ2) is 10.6. The molecule has 1 aliphatic heterocycles. The molecule has 2 N–H and O–H groups in total. The molecule has 1 heterocycles. The molecular weight excluding hydrogens is 246 g/mol. The van der Waals surface area contributed by atoms with Crippen LogP contribution >= 0.6 is 0 Å². The Morgan fingerprint density at radius 3 is 2.30 bits per heavy atom. The number of nitrogens with one attached hydrogen (secondary N) is 1. The van der Waals surface area contributed by atoms with Crippen molar-refractivity contribution in [2.24, 2.45) is 0 Å². The fourth-order valence-electron chi connectivity index (χ4n) is 2.24. The van der Waals surface area contributed by atoms with E-state index in [-0.39, 0.29) is 12.1 Å². The molecule has 2 nitrogen and oxygen atoms in total. The van der Waals surface area contributed by atoms with Crippen LogP contribution in [0.5, 0.6) is 0 Å². The third-order valence-corrected chi connectivity index (χ3v) is 3.54. The summed E-state index contributed by atoms with van der Waals surface area (Å²) in [6.07, 6.45) is 22.2. The van der Waals surface area contributed by atoms with E-state index in [2.05, 4.69) is 60.8 Å². The summed E-state index contributed by atoms with van der Waals surface area (Å²) < 4.78 is 0. The maximum absolute atomic E-state index is 9.63. The minimum absolute atomic E-state index is 0.191. The molecular formula is C18H29NO. The predicted molar refractivity (Wildman–Crippen MR) is 87.7 cm³/mol. The minimum Gasteiger partial charge on any atom is -0.392 e. The van der Waals surface area contributed by atoms with E-state index < -0.39 is 0 Å². The van der Waals surface area contributed by atoms with Crippen molar-refractivity contribution >= 4 is 0 Å². The van der Waals surface area contributed by atoms with Gasteiger partial charge in [-0.05, 0) is 39.0 Å². The molecule has 0 radical (unpaired) electrons. The monoisotopic (exact) mass is 275 g/mol. The lowest BCUT2D eigenvalue weighted by Gasteiger charge is -2.31. The second-order valence-electron chi connectivity index (χ2n) is 5.36. The quantitative estimate of drug-likeness (QED) is 0.545. The van der Waals surface area contributed by atoms with Gasteiger partial charge in [0.1, 0.15) is 0 Å². The average Bonchev–Trinajstić information content (AvgIpc) is 2.45. The van der Waals surface area contributed by atoms with E-state index in [1.165, 1.54) is 0 Å². The first-order chi connectivity index (χ1) is 9.74. The van der Waals surface area contributed by atoms with Gasteiger partial charge in [-0.1, -0.05) is 55.5 Å². The van der Waals surface area contributed by atoms with Crippen molar-refractivity contribution in [1.29, 1.82) is 0 Å². The molecule has 0 aromatic rings. The summed E-state index contributed by atoms with van der Waals surface area (Å²) in [5.41, 5.74) is 0. The van der Waals surface area contributed by atoms with Gasteiger partial charge in [-0.3, -0.25) is 0 Å². The third-order valence-electron chi connectivity index (χ3n) is 3.54.